The van der Waals surface area contributed by atoms with Gasteiger partial charge in [0.05, 0.1) is 6.61 Å². The number of aliphatic hydroxyl groups excluding tert-OH is 1. The first-order chi connectivity index (χ1) is 14.1. The van der Waals surface area contributed by atoms with E-state index in [1.165, 1.54) is 0 Å². The molecule has 148 valence electrons. The van der Waals surface area contributed by atoms with Gasteiger partial charge in [-0.25, -0.2) is 4.99 Å². The van der Waals surface area contributed by atoms with Gasteiger partial charge in [0, 0.05) is 5.02 Å². The van der Waals surface area contributed by atoms with Crippen LogP contribution in [0.25, 0.3) is 11.1 Å². The van der Waals surface area contributed by atoms with E-state index in [4.69, 9.17) is 31.9 Å². The number of nitrogens with two attached hydrogens (primary N) is 1. The van der Waals surface area contributed by atoms with Gasteiger partial charge in [0.25, 0.3) is 6.02 Å². The Bertz CT molecular complexity index is 1040. The van der Waals surface area contributed by atoms with E-state index in [1.807, 2.05) is 66.7 Å². The highest BCUT2D eigenvalue weighted by molar-refractivity contribution is 6.30. The van der Waals surface area contributed by atoms with Crippen LogP contribution in [0.15, 0.2) is 77.8 Å². The highest BCUT2D eigenvalue weighted by Crippen LogP contribution is 2.39. The summed E-state index contributed by atoms with van der Waals surface area (Å²) in [5.41, 5.74) is 9.14. The zero-order valence-electron chi connectivity index (χ0n) is 15.7. The molecule has 0 aromatic heterocycles. The minimum Gasteiger partial charge on any atom is -0.491 e. The standard InChI is InChI=1S/C23H21ClN2O3/c24-20-6-2-4-17(14-20)16-3-1-5-19(13-16)23(15-29-22(25)26-23)18-7-9-21(10-8-18)28-12-11-27/h1-10,13-14,27H,11-12,15H2,(H2,25,26). The van der Waals surface area contributed by atoms with Crippen molar-refractivity contribution in [2.75, 3.05) is 19.8 Å². The van der Waals surface area contributed by atoms with Gasteiger partial charge in [-0.3, -0.25) is 0 Å². The Morgan fingerprint density at radius 1 is 1.00 bits per heavy atom. The summed E-state index contributed by atoms with van der Waals surface area (Å²) in [5.74, 6) is 0.682. The molecule has 1 atom stereocenters. The van der Waals surface area contributed by atoms with Crippen molar-refractivity contribution in [1.82, 2.24) is 0 Å². The van der Waals surface area contributed by atoms with Gasteiger partial charge in [-0.2, -0.15) is 0 Å². The largest absolute Gasteiger partial charge is 0.491 e. The van der Waals surface area contributed by atoms with Crippen LogP contribution in [0.1, 0.15) is 11.1 Å². The lowest BCUT2D eigenvalue weighted by Crippen LogP contribution is -2.27. The fourth-order valence-electron chi connectivity index (χ4n) is 3.51. The molecule has 0 saturated heterocycles. The van der Waals surface area contributed by atoms with Gasteiger partial charge in [0.2, 0.25) is 0 Å². The van der Waals surface area contributed by atoms with Crippen LogP contribution in [-0.4, -0.2) is 30.9 Å². The van der Waals surface area contributed by atoms with Gasteiger partial charge in [-0.1, -0.05) is 54.1 Å². The molecule has 1 heterocycles. The molecular formula is C23H21ClN2O3. The van der Waals surface area contributed by atoms with Crippen molar-refractivity contribution >= 4 is 17.6 Å². The van der Waals surface area contributed by atoms with E-state index in [-0.39, 0.29) is 19.2 Å². The fourth-order valence-corrected chi connectivity index (χ4v) is 3.70. The first-order valence-electron chi connectivity index (χ1n) is 9.29. The van der Waals surface area contributed by atoms with Crippen molar-refractivity contribution in [2.24, 2.45) is 10.7 Å². The summed E-state index contributed by atoms with van der Waals surface area (Å²) in [6, 6.07) is 23.7. The molecule has 29 heavy (non-hydrogen) atoms. The van der Waals surface area contributed by atoms with Crippen molar-refractivity contribution in [3.8, 4) is 16.9 Å². The quantitative estimate of drug-likeness (QED) is 0.647. The smallest absolute Gasteiger partial charge is 0.283 e. The van der Waals surface area contributed by atoms with Crippen molar-refractivity contribution < 1.29 is 14.6 Å². The molecule has 0 saturated carbocycles. The third-order valence-electron chi connectivity index (χ3n) is 4.92. The maximum absolute atomic E-state index is 8.93. The average molecular weight is 409 g/mol. The maximum atomic E-state index is 8.93. The predicted molar refractivity (Wildman–Crippen MR) is 114 cm³/mol. The molecule has 0 amide bonds. The number of nitrogens with zero attached hydrogens (tertiary/aromatic N) is 1. The number of aliphatic imine (C=N–C) groups is 1. The SMILES string of the molecule is NC1=NC(c2ccc(OCCO)cc2)(c2cccc(-c3cccc(Cl)c3)c2)CO1. The predicted octanol–water partition coefficient (Wildman–Crippen LogP) is 3.97. The van der Waals surface area contributed by atoms with Crippen molar-refractivity contribution in [3.63, 3.8) is 0 Å². The molecule has 0 fully saturated rings. The van der Waals surface area contributed by atoms with Crippen LogP contribution < -0.4 is 10.5 Å². The number of hydrogen-bond acceptors (Lipinski definition) is 5. The molecule has 0 spiro atoms. The van der Waals surface area contributed by atoms with Gasteiger partial charge in [-0.15, -0.1) is 0 Å². The van der Waals surface area contributed by atoms with E-state index in [0.717, 1.165) is 22.3 Å². The molecule has 1 aliphatic heterocycles. The molecule has 4 rings (SSSR count). The van der Waals surface area contributed by atoms with Crippen LogP contribution in [0.2, 0.25) is 5.02 Å². The van der Waals surface area contributed by atoms with Crippen LogP contribution in [0, 0.1) is 0 Å². The normalized spacial score (nSPS) is 18.2. The number of halogens is 1. The average Bonchev–Trinajstić information content (AvgIpc) is 3.16. The lowest BCUT2D eigenvalue weighted by Gasteiger charge is -2.26. The summed E-state index contributed by atoms with van der Waals surface area (Å²) < 4.78 is 11.0. The van der Waals surface area contributed by atoms with Crippen LogP contribution in [0.3, 0.4) is 0 Å². The molecule has 3 aromatic carbocycles. The summed E-state index contributed by atoms with van der Waals surface area (Å²) in [4.78, 5) is 4.67. The monoisotopic (exact) mass is 408 g/mol. The first-order valence-corrected chi connectivity index (χ1v) is 9.67. The molecule has 0 radical (unpaired) electrons. The van der Waals surface area contributed by atoms with E-state index in [2.05, 4.69) is 11.1 Å². The molecule has 5 nitrogen and oxygen atoms in total. The zero-order chi connectivity index (χ0) is 20.3. The summed E-state index contributed by atoms with van der Waals surface area (Å²) in [6.45, 7) is 0.533. The zero-order valence-corrected chi connectivity index (χ0v) is 16.5. The molecule has 1 unspecified atom stereocenters. The third kappa shape index (κ3) is 3.92. The van der Waals surface area contributed by atoms with Gasteiger partial charge < -0.3 is 20.3 Å². The molecule has 0 bridgehead atoms. The Kier molecular flexibility index (Phi) is 5.43. The van der Waals surface area contributed by atoms with Crippen molar-refractivity contribution in [3.05, 3.63) is 88.9 Å². The molecule has 0 aliphatic carbocycles. The van der Waals surface area contributed by atoms with E-state index in [0.29, 0.717) is 17.4 Å². The van der Waals surface area contributed by atoms with E-state index in [9.17, 15) is 0 Å². The van der Waals surface area contributed by atoms with Crippen LogP contribution in [-0.2, 0) is 10.3 Å². The lowest BCUT2D eigenvalue weighted by molar-refractivity contribution is 0.201. The Hall–Kier alpha value is -3.02. The minimum absolute atomic E-state index is 0.0311. The summed E-state index contributed by atoms with van der Waals surface area (Å²) in [6.07, 6.45) is 0. The Labute approximate surface area is 174 Å². The molecular weight excluding hydrogens is 388 g/mol. The molecule has 1 aliphatic rings. The molecule has 3 aromatic rings. The number of ether oxygens (including phenoxy) is 2. The van der Waals surface area contributed by atoms with Crippen molar-refractivity contribution in [2.45, 2.75) is 5.54 Å². The highest BCUT2D eigenvalue weighted by atomic mass is 35.5. The summed E-state index contributed by atoms with van der Waals surface area (Å²) >= 11 is 6.17. The molecule has 3 N–H and O–H groups in total. The Morgan fingerprint density at radius 2 is 1.72 bits per heavy atom. The van der Waals surface area contributed by atoms with E-state index < -0.39 is 5.54 Å². The lowest BCUT2D eigenvalue weighted by atomic mass is 9.83. The topological polar surface area (TPSA) is 77.1 Å². The second-order valence-corrected chi connectivity index (χ2v) is 7.22. The third-order valence-corrected chi connectivity index (χ3v) is 5.16. The summed E-state index contributed by atoms with van der Waals surface area (Å²) in [5, 5.41) is 9.62. The molecule has 6 heteroatoms. The fraction of sp³-hybridized carbons (Fsp3) is 0.174. The van der Waals surface area contributed by atoms with Crippen LogP contribution in [0.5, 0.6) is 5.75 Å². The highest BCUT2D eigenvalue weighted by Gasteiger charge is 2.40. The number of rotatable bonds is 6. The van der Waals surface area contributed by atoms with Gasteiger partial charge in [-0.05, 0) is 52.6 Å². The number of amidine groups is 1. The second-order valence-electron chi connectivity index (χ2n) is 6.79. The van der Waals surface area contributed by atoms with Crippen LogP contribution in [0.4, 0.5) is 0 Å². The van der Waals surface area contributed by atoms with E-state index in [1.54, 1.807) is 0 Å². The first kappa shape index (κ1) is 19.3. The minimum atomic E-state index is -0.742. The number of hydrogen-bond donors (Lipinski definition) is 2. The number of aliphatic hydroxyl groups is 1. The Morgan fingerprint density at radius 3 is 2.38 bits per heavy atom. The van der Waals surface area contributed by atoms with Gasteiger partial charge >= 0.3 is 0 Å². The van der Waals surface area contributed by atoms with Crippen LogP contribution >= 0.6 is 11.6 Å². The maximum Gasteiger partial charge on any atom is 0.283 e. The van der Waals surface area contributed by atoms with Crippen molar-refractivity contribution in [1.29, 1.82) is 0 Å². The van der Waals surface area contributed by atoms with Gasteiger partial charge in [0.1, 0.15) is 19.0 Å². The summed E-state index contributed by atoms with van der Waals surface area (Å²) in [7, 11) is 0. The van der Waals surface area contributed by atoms with E-state index >= 15 is 0 Å². The Balaban J connectivity index is 1.76. The number of benzene rings is 3. The second kappa shape index (κ2) is 8.15. The van der Waals surface area contributed by atoms with Gasteiger partial charge in [0.15, 0.2) is 5.54 Å².